The van der Waals surface area contributed by atoms with Gasteiger partial charge in [0.15, 0.2) is 0 Å². The lowest BCUT2D eigenvalue weighted by Crippen LogP contribution is -2.15. The summed E-state index contributed by atoms with van der Waals surface area (Å²) >= 11 is 0. The predicted octanol–water partition coefficient (Wildman–Crippen LogP) is 6.51. The largest absolute Gasteiger partial charge is 0.379 e. The molecule has 0 bridgehead atoms. The van der Waals surface area contributed by atoms with Crippen molar-refractivity contribution >= 4 is 12.5 Å². The molecule has 0 aromatic heterocycles. The number of benzene rings is 2. The number of rotatable bonds is 5. The van der Waals surface area contributed by atoms with Crippen LogP contribution in [0.2, 0.25) is 0 Å². The topological polar surface area (TPSA) is 38.7 Å². The highest BCUT2D eigenvalue weighted by molar-refractivity contribution is 5.79. The number of aryl methyl sites for hydroxylation is 2. The molecule has 0 heterocycles. The van der Waals surface area contributed by atoms with E-state index in [4.69, 9.17) is 4.74 Å². The van der Waals surface area contributed by atoms with E-state index in [0.29, 0.717) is 6.42 Å². The van der Waals surface area contributed by atoms with Gasteiger partial charge >= 0.3 is 0 Å². The van der Waals surface area contributed by atoms with Crippen LogP contribution in [-0.2, 0) is 9.53 Å². The molecule has 0 saturated carbocycles. The number of methoxy groups -OCH3 is 1. The first-order chi connectivity index (χ1) is 13.2. The molecule has 0 aliphatic rings. The van der Waals surface area contributed by atoms with Crippen molar-refractivity contribution in [3.05, 3.63) is 70.8 Å². The van der Waals surface area contributed by atoms with Gasteiger partial charge in [-0.05, 0) is 45.7 Å². The molecule has 2 aromatic carbocycles. The molecule has 3 nitrogen and oxygen atoms in total. The van der Waals surface area contributed by atoms with Gasteiger partial charge in [-0.15, -0.1) is 0 Å². The van der Waals surface area contributed by atoms with Gasteiger partial charge in [-0.25, -0.2) is 0 Å². The van der Waals surface area contributed by atoms with E-state index in [1.165, 1.54) is 11.1 Å². The minimum atomic E-state index is -0.105. The lowest BCUT2D eigenvalue weighted by molar-refractivity contribution is -0.108. The first kappa shape index (κ1) is 25.7. The van der Waals surface area contributed by atoms with Gasteiger partial charge in [0.2, 0.25) is 0 Å². The molecule has 0 saturated heterocycles. The maximum atomic E-state index is 10.9. The van der Waals surface area contributed by atoms with E-state index in [1.54, 1.807) is 7.11 Å². The van der Waals surface area contributed by atoms with Crippen LogP contribution in [0.15, 0.2) is 53.5 Å². The fourth-order valence-corrected chi connectivity index (χ4v) is 2.29. The summed E-state index contributed by atoms with van der Waals surface area (Å²) in [6.45, 7) is 14.2. The zero-order chi connectivity index (χ0) is 21.6. The molecule has 0 aliphatic carbocycles. The summed E-state index contributed by atoms with van der Waals surface area (Å²) in [6.07, 6.45) is 3.18. The average molecular weight is 384 g/mol. The number of carbonyl (C=O) groups is 1. The van der Waals surface area contributed by atoms with Crippen LogP contribution in [-0.4, -0.2) is 25.2 Å². The maximum Gasteiger partial charge on any atom is 0.122 e. The second kappa shape index (κ2) is 13.8. The summed E-state index contributed by atoms with van der Waals surface area (Å²) in [5, 5.41) is 0. The molecule has 28 heavy (non-hydrogen) atoms. The summed E-state index contributed by atoms with van der Waals surface area (Å²) in [6, 6.07) is 16.2. The molecule has 2 rings (SSSR count). The Labute approximate surface area is 171 Å². The van der Waals surface area contributed by atoms with E-state index in [1.807, 2.05) is 71.2 Å². The van der Waals surface area contributed by atoms with Crippen molar-refractivity contribution in [2.24, 2.45) is 4.99 Å². The SMILES string of the molecule is CC.COC(C)(C)C.Cc1cc(C)cc([C@H](CC=O)N=Cc2ccccc2)c1. The molecular weight excluding hydrogens is 346 g/mol. The minimum Gasteiger partial charge on any atom is -0.379 e. The Kier molecular flexibility index (Phi) is 12.7. The van der Waals surface area contributed by atoms with Crippen molar-refractivity contribution in [3.8, 4) is 0 Å². The molecule has 1 atom stereocenters. The molecule has 0 N–H and O–H groups in total. The van der Waals surface area contributed by atoms with Crippen LogP contribution in [0.1, 0.15) is 69.3 Å². The van der Waals surface area contributed by atoms with E-state index in [-0.39, 0.29) is 11.6 Å². The van der Waals surface area contributed by atoms with Gasteiger partial charge in [-0.1, -0.05) is 73.5 Å². The summed E-state index contributed by atoms with van der Waals surface area (Å²) in [4.78, 5) is 15.5. The van der Waals surface area contributed by atoms with Gasteiger partial charge in [0.05, 0.1) is 11.6 Å². The van der Waals surface area contributed by atoms with E-state index in [2.05, 4.69) is 37.0 Å². The van der Waals surface area contributed by atoms with Gasteiger partial charge in [0.25, 0.3) is 0 Å². The number of aliphatic imine (C=N–C) groups is 1. The van der Waals surface area contributed by atoms with E-state index in [0.717, 1.165) is 17.4 Å². The van der Waals surface area contributed by atoms with Gasteiger partial charge in [-0.2, -0.15) is 0 Å². The van der Waals surface area contributed by atoms with Gasteiger partial charge in [-0.3, -0.25) is 4.99 Å². The second-order valence-corrected chi connectivity index (χ2v) is 7.34. The van der Waals surface area contributed by atoms with E-state index in [9.17, 15) is 4.79 Å². The van der Waals surface area contributed by atoms with Crippen LogP contribution in [0.4, 0.5) is 0 Å². The Morgan fingerprint density at radius 1 is 1.00 bits per heavy atom. The van der Waals surface area contributed by atoms with Gasteiger partial charge < -0.3 is 9.53 Å². The van der Waals surface area contributed by atoms with Crippen molar-refractivity contribution < 1.29 is 9.53 Å². The zero-order valence-corrected chi connectivity index (χ0v) is 18.8. The van der Waals surface area contributed by atoms with Gasteiger partial charge in [0.1, 0.15) is 6.29 Å². The lowest BCUT2D eigenvalue weighted by atomic mass is 10.00. The summed E-state index contributed by atoms with van der Waals surface area (Å²) in [7, 11) is 1.71. The molecule has 3 heteroatoms. The van der Waals surface area contributed by atoms with Crippen LogP contribution in [0.5, 0.6) is 0 Å². The fourth-order valence-electron chi connectivity index (χ4n) is 2.29. The number of carbonyl (C=O) groups excluding carboxylic acids is 1. The molecule has 2 aromatic rings. The second-order valence-electron chi connectivity index (χ2n) is 7.34. The third kappa shape index (κ3) is 11.5. The Hall–Kier alpha value is -2.26. The van der Waals surface area contributed by atoms with E-state index < -0.39 is 0 Å². The van der Waals surface area contributed by atoms with Crippen molar-refractivity contribution in [2.75, 3.05) is 7.11 Å². The first-order valence-corrected chi connectivity index (χ1v) is 9.90. The van der Waals surface area contributed by atoms with Crippen LogP contribution >= 0.6 is 0 Å². The zero-order valence-electron chi connectivity index (χ0n) is 18.8. The lowest BCUT2D eigenvalue weighted by Gasteiger charge is -2.14. The molecule has 0 amide bonds. The van der Waals surface area contributed by atoms with Crippen molar-refractivity contribution in [2.45, 2.75) is 66.5 Å². The molecular formula is C25H37NO2. The monoisotopic (exact) mass is 383 g/mol. The minimum absolute atomic E-state index is 0.0417. The first-order valence-electron chi connectivity index (χ1n) is 9.90. The van der Waals surface area contributed by atoms with Gasteiger partial charge in [0, 0.05) is 19.7 Å². The van der Waals surface area contributed by atoms with Crippen LogP contribution in [0.3, 0.4) is 0 Å². The third-order valence-corrected chi connectivity index (χ3v) is 3.76. The Morgan fingerprint density at radius 2 is 1.50 bits per heavy atom. The summed E-state index contributed by atoms with van der Waals surface area (Å²) < 4.78 is 4.94. The van der Waals surface area contributed by atoms with Crippen molar-refractivity contribution in [1.29, 1.82) is 0 Å². The van der Waals surface area contributed by atoms with Crippen molar-refractivity contribution in [1.82, 2.24) is 0 Å². The quantitative estimate of drug-likeness (QED) is 0.436. The Balaban J connectivity index is 0.000000780. The summed E-state index contributed by atoms with van der Waals surface area (Å²) in [5.74, 6) is 0. The highest BCUT2D eigenvalue weighted by atomic mass is 16.5. The number of hydrogen-bond acceptors (Lipinski definition) is 3. The number of nitrogens with zero attached hydrogens (tertiary/aromatic N) is 1. The van der Waals surface area contributed by atoms with Crippen LogP contribution in [0, 0.1) is 13.8 Å². The maximum absolute atomic E-state index is 10.9. The molecule has 0 aliphatic heterocycles. The summed E-state index contributed by atoms with van der Waals surface area (Å²) in [5.41, 5.74) is 4.59. The van der Waals surface area contributed by atoms with Crippen molar-refractivity contribution in [3.63, 3.8) is 0 Å². The number of aldehydes is 1. The predicted molar refractivity (Wildman–Crippen MR) is 121 cm³/mol. The molecule has 0 fully saturated rings. The smallest absolute Gasteiger partial charge is 0.122 e. The molecule has 0 unspecified atom stereocenters. The standard InChI is InChI=1S/C18H19NO.C5H12O.C2H6/c1-14-10-15(2)12-17(11-14)18(8-9-20)19-13-16-6-4-3-5-7-16;1-5(2,3)6-4;1-2/h3-7,9-13,18H,8H2,1-2H3;1-4H3;1-2H3/t18-;;/m0../s1. The number of hydrogen-bond donors (Lipinski definition) is 0. The molecule has 0 radical (unpaired) electrons. The van der Waals surface area contributed by atoms with Crippen LogP contribution < -0.4 is 0 Å². The third-order valence-electron chi connectivity index (χ3n) is 3.76. The Bertz CT molecular complexity index is 680. The van der Waals surface area contributed by atoms with Crippen LogP contribution in [0.25, 0.3) is 0 Å². The highest BCUT2D eigenvalue weighted by Crippen LogP contribution is 2.23. The highest BCUT2D eigenvalue weighted by Gasteiger charge is 2.09. The fraction of sp³-hybridized carbons (Fsp3) is 0.440. The average Bonchev–Trinajstić information content (AvgIpc) is 2.66. The normalized spacial score (nSPS) is 11.7. The molecule has 0 spiro atoms. The molecule has 154 valence electrons. The number of ether oxygens (including phenoxy) is 1. The Morgan fingerprint density at radius 3 is 1.93 bits per heavy atom. The van der Waals surface area contributed by atoms with E-state index >= 15 is 0 Å².